The highest BCUT2D eigenvalue weighted by atomic mass is 79.9. The summed E-state index contributed by atoms with van der Waals surface area (Å²) < 4.78 is 0.802. The number of halogens is 1. The number of aromatic nitrogens is 1. The molecule has 7 heteroatoms. The third kappa shape index (κ3) is 4.00. The largest absolute Gasteiger partial charge is 0.480 e. The molecule has 1 aromatic heterocycles. The Morgan fingerprint density at radius 1 is 1.08 bits per heavy atom. The molecule has 0 aliphatic heterocycles. The van der Waals surface area contributed by atoms with E-state index in [9.17, 15) is 19.8 Å². The molecule has 0 saturated carbocycles. The molecule has 0 amide bonds. The number of nitrogens with zero attached hydrogens (tertiary/aromatic N) is 1. The Balaban J connectivity index is 1.99. The fourth-order valence-electron chi connectivity index (χ4n) is 2.64. The van der Waals surface area contributed by atoms with E-state index >= 15 is 0 Å². The Bertz CT molecular complexity index is 976. The first-order valence-electron chi connectivity index (χ1n) is 7.81. The third-order valence-corrected chi connectivity index (χ3v) is 4.39. The van der Waals surface area contributed by atoms with Gasteiger partial charge in [0.25, 0.3) is 0 Å². The van der Waals surface area contributed by atoms with Crippen LogP contribution < -0.4 is 5.32 Å². The van der Waals surface area contributed by atoms with Gasteiger partial charge in [0.1, 0.15) is 17.4 Å². The minimum atomic E-state index is -1.18. The van der Waals surface area contributed by atoms with Crippen molar-refractivity contribution in [2.75, 3.05) is 5.32 Å². The molecule has 132 valence electrons. The third-order valence-electron chi connectivity index (χ3n) is 3.90. The second-order valence-corrected chi connectivity index (χ2v) is 6.67. The standard InChI is InChI=1S/C19H15BrN2O4/c20-13-6-7-15-12(9-13)10-14(18(23)24)17(21-15)22-16(19(25)26)8-11-4-2-1-3-5-11/h1-7,9-10,16H,8H2,(H,21,22)(H,23,24)(H,25,26)/t16-/m1/s1. The first kappa shape index (κ1) is 17.9. The van der Waals surface area contributed by atoms with E-state index in [2.05, 4.69) is 26.2 Å². The van der Waals surface area contributed by atoms with Crippen LogP contribution in [0, 0.1) is 0 Å². The molecule has 6 nitrogen and oxygen atoms in total. The lowest BCUT2D eigenvalue weighted by Crippen LogP contribution is -2.32. The Kier molecular flexibility index (Phi) is 5.18. The number of hydrogen-bond donors (Lipinski definition) is 3. The summed E-state index contributed by atoms with van der Waals surface area (Å²) in [5.41, 5.74) is 1.33. The van der Waals surface area contributed by atoms with Gasteiger partial charge in [-0.3, -0.25) is 0 Å². The van der Waals surface area contributed by atoms with Crippen molar-refractivity contribution in [3.05, 3.63) is 70.2 Å². The first-order chi connectivity index (χ1) is 12.4. The molecule has 3 aromatic rings. The van der Waals surface area contributed by atoms with Crippen LogP contribution in [0.2, 0.25) is 0 Å². The van der Waals surface area contributed by atoms with Gasteiger partial charge in [0.05, 0.1) is 5.52 Å². The fraction of sp³-hybridized carbons (Fsp3) is 0.105. The second kappa shape index (κ2) is 7.53. The highest BCUT2D eigenvalue weighted by Gasteiger charge is 2.22. The number of carbonyl (C=O) groups is 2. The second-order valence-electron chi connectivity index (χ2n) is 5.75. The molecule has 0 radical (unpaired) electrons. The van der Waals surface area contributed by atoms with Crippen molar-refractivity contribution >= 4 is 44.6 Å². The van der Waals surface area contributed by atoms with Crippen LogP contribution >= 0.6 is 15.9 Å². The smallest absolute Gasteiger partial charge is 0.339 e. The monoisotopic (exact) mass is 414 g/mol. The summed E-state index contributed by atoms with van der Waals surface area (Å²) in [6.07, 6.45) is 0.204. The van der Waals surface area contributed by atoms with E-state index in [-0.39, 0.29) is 17.8 Å². The number of hydrogen-bond acceptors (Lipinski definition) is 4. The lowest BCUT2D eigenvalue weighted by molar-refractivity contribution is -0.137. The molecule has 0 unspecified atom stereocenters. The first-order valence-corrected chi connectivity index (χ1v) is 8.60. The van der Waals surface area contributed by atoms with Gasteiger partial charge in [-0.05, 0) is 29.8 Å². The van der Waals surface area contributed by atoms with Crippen molar-refractivity contribution in [2.45, 2.75) is 12.5 Å². The van der Waals surface area contributed by atoms with Crippen molar-refractivity contribution < 1.29 is 19.8 Å². The molecule has 1 heterocycles. The zero-order chi connectivity index (χ0) is 18.7. The van der Waals surface area contributed by atoms with E-state index in [4.69, 9.17) is 0 Å². The topological polar surface area (TPSA) is 99.5 Å². The average molecular weight is 415 g/mol. The van der Waals surface area contributed by atoms with Crippen LogP contribution in [0.15, 0.2) is 59.1 Å². The van der Waals surface area contributed by atoms with Crippen LogP contribution in [0.25, 0.3) is 10.9 Å². The maximum Gasteiger partial charge on any atom is 0.339 e. The Morgan fingerprint density at radius 2 is 1.81 bits per heavy atom. The van der Waals surface area contributed by atoms with E-state index in [1.807, 2.05) is 30.3 Å². The molecule has 3 rings (SSSR count). The maximum atomic E-state index is 11.7. The molecule has 0 aliphatic rings. The van der Waals surface area contributed by atoms with Crippen LogP contribution in [0.3, 0.4) is 0 Å². The number of anilines is 1. The van der Waals surface area contributed by atoms with Crippen LogP contribution in [0.1, 0.15) is 15.9 Å². The van der Waals surface area contributed by atoms with Crippen LogP contribution in [0.4, 0.5) is 5.82 Å². The van der Waals surface area contributed by atoms with E-state index in [1.54, 1.807) is 18.2 Å². The van der Waals surface area contributed by atoms with Crippen molar-refractivity contribution in [1.29, 1.82) is 0 Å². The lowest BCUT2D eigenvalue weighted by atomic mass is 10.1. The number of rotatable bonds is 6. The summed E-state index contributed by atoms with van der Waals surface area (Å²) in [7, 11) is 0. The van der Waals surface area contributed by atoms with E-state index in [1.165, 1.54) is 6.07 Å². The van der Waals surface area contributed by atoms with Gasteiger partial charge in [-0.1, -0.05) is 46.3 Å². The van der Waals surface area contributed by atoms with E-state index < -0.39 is 18.0 Å². The molecule has 0 saturated heterocycles. The zero-order valence-corrected chi connectivity index (χ0v) is 15.1. The molecule has 3 N–H and O–H groups in total. The molecular formula is C19H15BrN2O4. The number of carboxylic acid groups (broad SMARTS) is 2. The van der Waals surface area contributed by atoms with Gasteiger partial charge < -0.3 is 15.5 Å². The lowest BCUT2D eigenvalue weighted by Gasteiger charge is -2.17. The summed E-state index contributed by atoms with van der Waals surface area (Å²) >= 11 is 3.34. The van der Waals surface area contributed by atoms with E-state index in [0.717, 1.165) is 10.0 Å². The average Bonchev–Trinajstić information content (AvgIpc) is 2.61. The number of carboxylic acids is 2. The van der Waals surface area contributed by atoms with Gasteiger partial charge in [-0.2, -0.15) is 0 Å². The normalized spacial score (nSPS) is 11.9. The summed E-state index contributed by atoms with van der Waals surface area (Å²) in [6, 6.07) is 14.9. The maximum absolute atomic E-state index is 11.7. The summed E-state index contributed by atoms with van der Waals surface area (Å²) in [6.45, 7) is 0. The fourth-order valence-corrected chi connectivity index (χ4v) is 3.01. The van der Waals surface area contributed by atoms with Crippen molar-refractivity contribution in [3.8, 4) is 0 Å². The Morgan fingerprint density at radius 3 is 2.46 bits per heavy atom. The number of pyridine rings is 1. The van der Waals surface area contributed by atoms with Crippen LogP contribution in [-0.2, 0) is 11.2 Å². The van der Waals surface area contributed by atoms with Crippen molar-refractivity contribution in [3.63, 3.8) is 0 Å². The quantitative estimate of drug-likeness (QED) is 0.567. The summed E-state index contributed by atoms with van der Waals surface area (Å²) in [4.78, 5) is 27.6. The number of nitrogens with one attached hydrogen (secondary N) is 1. The predicted octanol–water partition coefficient (Wildman–Crippen LogP) is 3.80. The summed E-state index contributed by atoms with van der Waals surface area (Å²) in [5, 5.41) is 22.5. The Hall–Kier alpha value is -2.93. The minimum Gasteiger partial charge on any atom is -0.480 e. The molecule has 0 aliphatic carbocycles. The predicted molar refractivity (Wildman–Crippen MR) is 102 cm³/mol. The van der Waals surface area contributed by atoms with E-state index in [0.29, 0.717) is 10.9 Å². The number of benzene rings is 2. The highest BCUT2D eigenvalue weighted by molar-refractivity contribution is 9.10. The van der Waals surface area contributed by atoms with Gasteiger partial charge in [0.15, 0.2) is 0 Å². The van der Waals surface area contributed by atoms with Crippen molar-refractivity contribution in [1.82, 2.24) is 4.98 Å². The van der Waals surface area contributed by atoms with Crippen LogP contribution in [0.5, 0.6) is 0 Å². The van der Waals surface area contributed by atoms with Crippen LogP contribution in [-0.4, -0.2) is 33.2 Å². The molecule has 0 bridgehead atoms. The van der Waals surface area contributed by atoms with Gasteiger partial charge in [0.2, 0.25) is 0 Å². The van der Waals surface area contributed by atoms with Gasteiger partial charge in [-0.25, -0.2) is 14.6 Å². The minimum absolute atomic E-state index is 0.0376. The molecule has 0 fully saturated rings. The SMILES string of the molecule is O=C(O)c1cc2cc(Br)ccc2nc1N[C@H](Cc1ccccc1)C(=O)O. The van der Waals surface area contributed by atoms with Gasteiger partial charge >= 0.3 is 11.9 Å². The number of aliphatic carboxylic acids is 1. The molecule has 2 aromatic carbocycles. The molecule has 0 spiro atoms. The molecule has 26 heavy (non-hydrogen) atoms. The number of fused-ring (bicyclic) bond motifs is 1. The summed E-state index contributed by atoms with van der Waals surface area (Å²) in [5.74, 6) is -2.22. The molecule has 1 atom stereocenters. The number of aromatic carboxylic acids is 1. The van der Waals surface area contributed by atoms with Gasteiger partial charge in [0, 0.05) is 16.3 Å². The highest BCUT2D eigenvalue weighted by Crippen LogP contribution is 2.24. The molecular weight excluding hydrogens is 400 g/mol. The van der Waals surface area contributed by atoms with Crippen molar-refractivity contribution in [2.24, 2.45) is 0 Å². The Labute approximate surface area is 157 Å². The van der Waals surface area contributed by atoms with Gasteiger partial charge in [-0.15, -0.1) is 0 Å². The zero-order valence-electron chi connectivity index (χ0n) is 13.5.